The van der Waals surface area contributed by atoms with E-state index in [4.69, 9.17) is 0 Å². The SMILES string of the molecule is CC(C)NC(=O)N1CCC[C@@H](c2cccc(C(=O)NCCCN3CCCCC3)c2)C1. The number of nitrogens with zero attached hydrogens (tertiary/aromatic N) is 2. The summed E-state index contributed by atoms with van der Waals surface area (Å²) in [5, 5.41) is 6.06. The van der Waals surface area contributed by atoms with Gasteiger partial charge in [-0.2, -0.15) is 0 Å². The van der Waals surface area contributed by atoms with Crippen LogP contribution in [-0.4, -0.2) is 67.0 Å². The van der Waals surface area contributed by atoms with Crippen LogP contribution in [0.4, 0.5) is 4.79 Å². The van der Waals surface area contributed by atoms with Gasteiger partial charge >= 0.3 is 6.03 Å². The Hall–Kier alpha value is -2.08. The third kappa shape index (κ3) is 6.73. The third-order valence-corrected chi connectivity index (χ3v) is 6.13. The highest BCUT2D eigenvalue weighted by molar-refractivity contribution is 5.94. The molecule has 2 N–H and O–H groups in total. The second-order valence-corrected chi connectivity index (χ2v) is 9.03. The Bertz CT molecular complexity index is 700. The first kappa shape index (κ1) is 22.6. The molecule has 1 aromatic rings. The summed E-state index contributed by atoms with van der Waals surface area (Å²) in [6, 6.07) is 8.09. The van der Waals surface area contributed by atoms with Crippen molar-refractivity contribution in [3.05, 3.63) is 35.4 Å². The number of rotatable bonds is 7. The number of benzene rings is 1. The summed E-state index contributed by atoms with van der Waals surface area (Å²) in [6.07, 6.45) is 6.99. The molecule has 2 saturated heterocycles. The summed E-state index contributed by atoms with van der Waals surface area (Å²) in [4.78, 5) is 29.4. The van der Waals surface area contributed by atoms with Crippen molar-refractivity contribution < 1.29 is 9.59 Å². The second kappa shape index (κ2) is 11.3. The predicted molar refractivity (Wildman–Crippen MR) is 121 cm³/mol. The van der Waals surface area contributed by atoms with Crippen LogP contribution in [0.1, 0.15) is 74.2 Å². The van der Waals surface area contributed by atoms with Gasteiger partial charge in [0.25, 0.3) is 5.91 Å². The van der Waals surface area contributed by atoms with E-state index in [0.29, 0.717) is 18.7 Å². The Labute approximate surface area is 181 Å². The molecule has 0 bridgehead atoms. The molecule has 6 nitrogen and oxygen atoms in total. The van der Waals surface area contributed by atoms with Crippen LogP contribution >= 0.6 is 0 Å². The molecule has 30 heavy (non-hydrogen) atoms. The molecule has 3 rings (SSSR count). The van der Waals surface area contributed by atoms with Gasteiger partial charge in [-0.15, -0.1) is 0 Å². The van der Waals surface area contributed by atoms with E-state index in [1.807, 2.05) is 36.9 Å². The molecule has 0 spiro atoms. The van der Waals surface area contributed by atoms with Crippen molar-refractivity contribution in [1.29, 1.82) is 0 Å². The van der Waals surface area contributed by atoms with Gasteiger partial charge in [0.1, 0.15) is 0 Å². The quantitative estimate of drug-likeness (QED) is 0.670. The molecule has 0 radical (unpaired) electrons. The molecule has 166 valence electrons. The first-order valence-corrected chi connectivity index (χ1v) is 11.7. The number of carbonyl (C=O) groups is 2. The van der Waals surface area contributed by atoms with Crippen LogP contribution in [0.25, 0.3) is 0 Å². The van der Waals surface area contributed by atoms with Gasteiger partial charge in [0.05, 0.1) is 0 Å². The molecule has 1 atom stereocenters. The lowest BCUT2D eigenvalue weighted by Gasteiger charge is -2.33. The maximum Gasteiger partial charge on any atom is 0.317 e. The Balaban J connectivity index is 1.49. The number of nitrogens with one attached hydrogen (secondary N) is 2. The first-order chi connectivity index (χ1) is 14.5. The number of amides is 3. The molecule has 2 heterocycles. The van der Waals surface area contributed by atoms with Gasteiger partial charge in [0.2, 0.25) is 0 Å². The monoisotopic (exact) mass is 414 g/mol. The normalized spacial score (nSPS) is 20.2. The first-order valence-electron chi connectivity index (χ1n) is 11.7. The van der Waals surface area contributed by atoms with E-state index in [-0.39, 0.29) is 23.9 Å². The molecule has 0 aromatic heterocycles. The van der Waals surface area contributed by atoms with Gasteiger partial charge in [-0.25, -0.2) is 4.79 Å². The molecule has 0 aliphatic carbocycles. The zero-order valence-corrected chi connectivity index (χ0v) is 18.7. The Morgan fingerprint density at radius 1 is 1.10 bits per heavy atom. The third-order valence-electron chi connectivity index (χ3n) is 6.13. The minimum absolute atomic E-state index is 0.000658. The van der Waals surface area contributed by atoms with Crippen molar-refractivity contribution in [2.24, 2.45) is 0 Å². The molecule has 0 unspecified atom stereocenters. The Morgan fingerprint density at radius 3 is 2.67 bits per heavy atom. The van der Waals surface area contributed by atoms with E-state index >= 15 is 0 Å². The van der Waals surface area contributed by atoms with E-state index in [9.17, 15) is 9.59 Å². The Morgan fingerprint density at radius 2 is 1.90 bits per heavy atom. The molecule has 6 heteroatoms. The smallest absolute Gasteiger partial charge is 0.317 e. The second-order valence-electron chi connectivity index (χ2n) is 9.03. The van der Waals surface area contributed by atoms with E-state index < -0.39 is 0 Å². The molecular weight excluding hydrogens is 376 g/mol. The number of hydrogen-bond acceptors (Lipinski definition) is 3. The lowest BCUT2D eigenvalue weighted by atomic mass is 9.89. The summed E-state index contributed by atoms with van der Waals surface area (Å²) in [6.45, 7) is 9.64. The van der Waals surface area contributed by atoms with Gasteiger partial charge in [-0.3, -0.25) is 4.79 Å². The number of urea groups is 1. The van der Waals surface area contributed by atoms with Crippen LogP contribution in [0.3, 0.4) is 0 Å². The average Bonchev–Trinajstić information content (AvgIpc) is 2.77. The van der Waals surface area contributed by atoms with Crippen molar-refractivity contribution in [3.63, 3.8) is 0 Å². The fraction of sp³-hybridized carbons (Fsp3) is 0.667. The largest absolute Gasteiger partial charge is 0.352 e. The van der Waals surface area contributed by atoms with Crippen LogP contribution in [0.5, 0.6) is 0 Å². The van der Waals surface area contributed by atoms with Crippen molar-refractivity contribution in [1.82, 2.24) is 20.4 Å². The minimum atomic E-state index is 0.000658. The van der Waals surface area contributed by atoms with E-state index in [1.54, 1.807) is 0 Å². The van der Waals surface area contributed by atoms with Gasteiger partial charge in [-0.05, 0) is 83.3 Å². The van der Waals surface area contributed by atoms with Crippen LogP contribution in [-0.2, 0) is 0 Å². The summed E-state index contributed by atoms with van der Waals surface area (Å²) in [5.41, 5.74) is 1.87. The van der Waals surface area contributed by atoms with E-state index in [2.05, 4.69) is 21.6 Å². The molecule has 0 saturated carbocycles. The van der Waals surface area contributed by atoms with Crippen LogP contribution < -0.4 is 10.6 Å². The maximum atomic E-state index is 12.6. The molecule has 2 fully saturated rings. The van der Waals surface area contributed by atoms with Crippen molar-refractivity contribution in [3.8, 4) is 0 Å². The standard InChI is InChI=1S/C24H38N4O2/c1-19(2)26-24(30)28-16-7-11-22(18-28)20-9-6-10-21(17-20)23(29)25-12-8-15-27-13-4-3-5-14-27/h6,9-10,17,19,22H,3-5,7-8,11-16,18H2,1-2H3,(H,25,29)(H,26,30)/t22-/m1/s1. The molecule has 1 aromatic carbocycles. The minimum Gasteiger partial charge on any atom is -0.352 e. The highest BCUT2D eigenvalue weighted by Crippen LogP contribution is 2.27. The number of carbonyl (C=O) groups excluding carboxylic acids is 2. The molecule has 2 aliphatic heterocycles. The molecule has 2 aliphatic rings. The highest BCUT2D eigenvalue weighted by Gasteiger charge is 2.25. The van der Waals surface area contributed by atoms with E-state index in [1.165, 1.54) is 32.4 Å². The van der Waals surface area contributed by atoms with Gasteiger partial charge in [0, 0.05) is 37.2 Å². The number of piperidine rings is 2. The lowest BCUT2D eigenvalue weighted by Crippen LogP contribution is -2.47. The Kier molecular flexibility index (Phi) is 8.55. The summed E-state index contributed by atoms with van der Waals surface area (Å²) >= 11 is 0. The fourth-order valence-electron chi connectivity index (χ4n) is 4.50. The number of likely N-dealkylation sites (tertiary alicyclic amines) is 2. The number of hydrogen-bond donors (Lipinski definition) is 2. The summed E-state index contributed by atoms with van der Waals surface area (Å²) in [5.74, 6) is 0.282. The van der Waals surface area contributed by atoms with E-state index in [0.717, 1.165) is 37.9 Å². The van der Waals surface area contributed by atoms with Gasteiger partial charge in [-0.1, -0.05) is 18.6 Å². The average molecular weight is 415 g/mol. The van der Waals surface area contributed by atoms with Gasteiger partial charge < -0.3 is 20.4 Å². The topological polar surface area (TPSA) is 64.7 Å². The maximum absolute atomic E-state index is 12.6. The van der Waals surface area contributed by atoms with Crippen LogP contribution in [0.2, 0.25) is 0 Å². The van der Waals surface area contributed by atoms with Gasteiger partial charge in [0.15, 0.2) is 0 Å². The highest BCUT2D eigenvalue weighted by atomic mass is 16.2. The van der Waals surface area contributed by atoms with Crippen LogP contribution in [0, 0.1) is 0 Å². The zero-order valence-electron chi connectivity index (χ0n) is 18.7. The predicted octanol–water partition coefficient (Wildman–Crippen LogP) is 3.59. The van der Waals surface area contributed by atoms with Crippen molar-refractivity contribution in [2.75, 3.05) is 39.3 Å². The fourth-order valence-corrected chi connectivity index (χ4v) is 4.50. The van der Waals surface area contributed by atoms with Crippen molar-refractivity contribution >= 4 is 11.9 Å². The zero-order chi connectivity index (χ0) is 21.3. The summed E-state index contributed by atoms with van der Waals surface area (Å²) < 4.78 is 0. The van der Waals surface area contributed by atoms with Crippen LogP contribution in [0.15, 0.2) is 24.3 Å². The molecular formula is C24H38N4O2. The summed E-state index contributed by atoms with van der Waals surface area (Å²) in [7, 11) is 0. The lowest BCUT2D eigenvalue weighted by molar-refractivity contribution is 0.0950. The van der Waals surface area contributed by atoms with Crippen molar-refractivity contribution in [2.45, 2.75) is 64.3 Å². The molecule has 3 amide bonds.